The van der Waals surface area contributed by atoms with E-state index in [9.17, 15) is 10.1 Å². The number of hydrogen-bond acceptors (Lipinski definition) is 6. The number of carbonyl (C=O) groups is 1. The van der Waals surface area contributed by atoms with E-state index in [0.29, 0.717) is 18.2 Å². The monoisotopic (exact) mass is 375 g/mol. The van der Waals surface area contributed by atoms with Crippen LogP contribution in [0.15, 0.2) is 61.1 Å². The zero-order valence-electron chi connectivity index (χ0n) is 14.4. The first kappa shape index (κ1) is 17.2. The first-order valence-electron chi connectivity index (χ1n) is 8.61. The smallest absolute Gasteiger partial charge is 0.231 e. The van der Waals surface area contributed by atoms with E-state index >= 15 is 0 Å². The summed E-state index contributed by atoms with van der Waals surface area (Å²) in [6.07, 6.45) is 7.40. The second-order valence-corrected chi connectivity index (χ2v) is 7.42. The summed E-state index contributed by atoms with van der Waals surface area (Å²) in [5, 5.41) is 12.8. The topological polar surface area (TPSA) is 81.9 Å². The molecule has 0 saturated carbocycles. The van der Waals surface area contributed by atoms with Crippen LogP contribution in [0, 0.1) is 17.4 Å². The zero-order chi connectivity index (χ0) is 18.6. The molecule has 6 nitrogen and oxygen atoms in total. The van der Waals surface area contributed by atoms with Crippen molar-refractivity contribution < 1.29 is 4.79 Å². The molecule has 4 rings (SSSR count). The molecule has 0 aliphatic carbocycles. The lowest BCUT2D eigenvalue weighted by molar-refractivity contribution is -0.119. The van der Waals surface area contributed by atoms with Crippen molar-refractivity contribution >= 4 is 22.4 Å². The number of benzene rings is 1. The van der Waals surface area contributed by atoms with Crippen molar-refractivity contribution in [3.05, 3.63) is 66.6 Å². The van der Waals surface area contributed by atoms with Crippen LogP contribution < -0.4 is 5.32 Å². The highest BCUT2D eigenvalue weighted by molar-refractivity contribution is 7.19. The fourth-order valence-corrected chi connectivity index (χ4v) is 4.17. The number of rotatable bonds is 4. The average molecular weight is 375 g/mol. The summed E-state index contributed by atoms with van der Waals surface area (Å²) < 4.78 is 0. The summed E-state index contributed by atoms with van der Waals surface area (Å²) in [5.41, 5.74) is 2.04. The van der Waals surface area contributed by atoms with E-state index in [-0.39, 0.29) is 17.7 Å². The van der Waals surface area contributed by atoms with Crippen LogP contribution in [0.2, 0.25) is 0 Å². The lowest BCUT2D eigenvalue weighted by atomic mass is 9.89. The van der Waals surface area contributed by atoms with Gasteiger partial charge in [0.15, 0.2) is 11.3 Å². The first-order valence-corrected chi connectivity index (χ1v) is 9.43. The number of nitriles is 1. The number of thiazole rings is 1. The van der Waals surface area contributed by atoms with Gasteiger partial charge in [-0.2, -0.15) is 5.26 Å². The molecule has 3 aromatic rings. The second kappa shape index (κ2) is 7.56. The van der Waals surface area contributed by atoms with E-state index in [0.717, 1.165) is 16.0 Å². The number of likely N-dealkylation sites (tertiary alicyclic amines) is 1. The van der Waals surface area contributed by atoms with Crippen molar-refractivity contribution in [3.63, 3.8) is 0 Å². The molecular formula is C20H17N5OS. The number of hydrogen-bond donors (Lipinski definition) is 1. The minimum absolute atomic E-state index is 0.0631. The van der Waals surface area contributed by atoms with Crippen LogP contribution in [-0.2, 0) is 4.79 Å². The molecule has 1 aromatic carbocycles. The quantitative estimate of drug-likeness (QED) is 0.707. The summed E-state index contributed by atoms with van der Waals surface area (Å²) in [4.78, 5) is 24.0. The number of anilines is 1. The molecule has 1 aliphatic rings. The standard InChI is InChI=1S/C20H17N5OS/c21-13-25-11-16(15-7-4-8-22-9-15)17(12-25)19(26)24-20-23-10-18(27-20)14-5-2-1-3-6-14/h1-10,16-17H,11-12H2,(H,23,24,26)/t16-,17+/m1/s1. The Labute approximate surface area is 161 Å². The normalized spacial score (nSPS) is 18.9. The Morgan fingerprint density at radius 1 is 1.19 bits per heavy atom. The molecule has 3 heterocycles. The van der Waals surface area contributed by atoms with Crippen LogP contribution >= 0.6 is 11.3 Å². The lowest BCUT2D eigenvalue weighted by Gasteiger charge is -2.16. The molecule has 1 saturated heterocycles. The molecule has 134 valence electrons. The van der Waals surface area contributed by atoms with Gasteiger partial charge in [-0.15, -0.1) is 0 Å². The summed E-state index contributed by atoms with van der Waals surface area (Å²) in [6, 6.07) is 13.7. The van der Waals surface area contributed by atoms with Gasteiger partial charge in [0.25, 0.3) is 0 Å². The number of amides is 1. The molecule has 1 N–H and O–H groups in total. The number of nitrogens with zero attached hydrogens (tertiary/aromatic N) is 4. The number of carbonyl (C=O) groups excluding carboxylic acids is 1. The number of pyridine rings is 1. The van der Waals surface area contributed by atoms with Crippen LogP contribution in [0.25, 0.3) is 10.4 Å². The van der Waals surface area contributed by atoms with Gasteiger partial charge in [-0.25, -0.2) is 4.98 Å². The second-order valence-electron chi connectivity index (χ2n) is 6.39. The predicted octanol–water partition coefficient (Wildman–Crippen LogP) is 3.34. The highest BCUT2D eigenvalue weighted by Crippen LogP contribution is 2.34. The van der Waals surface area contributed by atoms with Crippen LogP contribution in [-0.4, -0.2) is 33.9 Å². The van der Waals surface area contributed by atoms with Gasteiger partial charge in [-0.3, -0.25) is 9.78 Å². The maximum atomic E-state index is 12.9. The number of nitrogens with one attached hydrogen (secondary N) is 1. The summed E-state index contributed by atoms with van der Waals surface area (Å²) in [6.45, 7) is 0.923. The van der Waals surface area contributed by atoms with E-state index in [4.69, 9.17) is 0 Å². The molecule has 1 fully saturated rings. The molecular weight excluding hydrogens is 358 g/mol. The molecule has 0 bridgehead atoms. The average Bonchev–Trinajstić information content (AvgIpc) is 3.36. The SMILES string of the molecule is N#CN1C[C@H](C(=O)Nc2ncc(-c3ccccc3)s2)[C@@H](c2cccnc2)C1. The van der Waals surface area contributed by atoms with Gasteiger partial charge in [0, 0.05) is 37.6 Å². The summed E-state index contributed by atoms with van der Waals surface area (Å²) >= 11 is 1.44. The fourth-order valence-electron chi connectivity index (χ4n) is 3.35. The predicted molar refractivity (Wildman–Crippen MR) is 104 cm³/mol. The van der Waals surface area contributed by atoms with Gasteiger partial charge in [0.2, 0.25) is 5.91 Å². The van der Waals surface area contributed by atoms with Crippen molar-refractivity contribution in [2.75, 3.05) is 18.4 Å². The molecule has 0 radical (unpaired) electrons. The largest absolute Gasteiger partial charge is 0.309 e. The van der Waals surface area contributed by atoms with Crippen molar-refractivity contribution in [2.45, 2.75) is 5.92 Å². The Kier molecular flexibility index (Phi) is 4.81. The Morgan fingerprint density at radius 2 is 2.04 bits per heavy atom. The summed E-state index contributed by atoms with van der Waals surface area (Å²) in [5.74, 6) is -0.500. The fraction of sp³-hybridized carbons (Fsp3) is 0.200. The number of aromatic nitrogens is 2. The van der Waals surface area contributed by atoms with E-state index in [1.165, 1.54) is 11.3 Å². The molecule has 27 heavy (non-hydrogen) atoms. The first-order chi connectivity index (χ1) is 13.2. The van der Waals surface area contributed by atoms with Crippen LogP contribution in [0.3, 0.4) is 0 Å². The van der Waals surface area contributed by atoms with Crippen LogP contribution in [0.4, 0.5) is 5.13 Å². The highest BCUT2D eigenvalue weighted by Gasteiger charge is 2.38. The minimum Gasteiger partial charge on any atom is -0.309 e. The van der Waals surface area contributed by atoms with E-state index in [1.807, 2.05) is 42.5 Å². The van der Waals surface area contributed by atoms with Gasteiger partial charge >= 0.3 is 0 Å². The Balaban J connectivity index is 1.52. The van der Waals surface area contributed by atoms with Crippen LogP contribution in [0.5, 0.6) is 0 Å². The van der Waals surface area contributed by atoms with Crippen molar-refractivity contribution in [1.82, 2.24) is 14.9 Å². The lowest BCUT2D eigenvalue weighted by Crippen LogP contribution is -2.28. The molecule has 1 amide bonds. The van der Waals surface area contributed by atoms with Gasteiger partial charge in [-0.05, 0) is 17.2 Å². The van der Waals surface area contributed by atoms with E-state index in [2.05, 4.69) is 21.5 Å². The molecule has 2 atom stereocenters. The maximum Gasteiger partial charge on any atom is 0.231 e. The molecule has 0 spiro atoms. The third-order valence-corrected chi connectivity index (χ3v) is 5.67. The van der Waals surface area contributed by atoms with Crippen molar-refractivity contribution in [3.8, 4) is 16.6 Å². The van der Waals surface area contributed by atoms with Crippen molar-refractivity contribution in [2.24, 2.45) is 5.92 Å². The van der Waals surface area contributed by atoms with E-state index < -0.39 is 0 Å². The molecule has 1 aliphatic heterocycles. The highest BCUT2D eigenvalue weighted by atomic mass is 32.1. The van der Waals surface area contributed by atoms with Crippen molar-refractivity contribution in [1.29, 1.82) is 5.26 Å². The van der Waals surface area contributed by atoms with Gasteiger partial charge in [-0.1, -0.05) is 47.7 Å². The maximum absolute atomic E-state index is 12.9. The van der Waals surface area contributed by atoms with Gasteiger partial charge < -0.3 is 10.2 Å². The summed E-state index contributed by atoms with van der Waals surface area (Å²) in [7, 11) is 0. The third-order valence-electron chi connectivity index (χ3n) is 4.70. The van der Waals surface area contributed by atoms with Crippen LogP contribution in [0.1, 0.15) is 11.5 Å². The molecule has 0 unspecified atom stereocenters. The molecule has 2 aromatic heterocycles. The Bertz CT molecular complexity index is 967. The zero-order valence-corrected chi connectivity index (χ0v) is 15.3. The molecule has 7 heteroatoms. The third kappa shape index (κ3) is 3.66. The van der Waals surface area contributed by atoms with E-state index in [1.54, 1.807) is 23.5 Å². The van der Waals surface area contributed by atoms with Gasteiger partial charge in [0.05, 0.1) is 10.8 Å². The Hall–Kier alpha value is -3.24. The Morgan fingerprint density at radius 3 is 2.78 bits per heavy atom. The minimum atomic E-state index is -0.321. The van der Waals surface area contributed by atoms with Gasteiger partial charge in [0.1, 0.15) is 0 Å².